The number of rotatable bonds is 4. The van der Waals surface area contributed by atoms with Crippen molar-refractivity contribution in [3.05, 3.63) is 75.6 Å². The summed E-state index contributed by atoms with van der Waals surface area (Å²) in [6.45, 7) is 6.11. The fraction of sp³-hybridized carbons (Fsp3) is 0.280. The van der Waals surface area contributed by atoms with Crippen LogP contribution in [0.3, 0.4) is 0 Å². The highest BCUT2D eigenvalue weighted by Gasteiger charge is 2.36. The summed E-state index contributed by atoms with van der Waals surface area (Å²) in [6, 6.07) is 15.7. The normalized spacial score (nSPS) is 14.1. The first-order chi connectivity index (χ1) is 15.8. The third-order valence-electron chi connectivity index (χ3n) is 6.09. The number of hydrogen-bond acceptors (Lipinski definition) is 5. The van der Waals surface area contributed by atoms with Gasteiger partial charge >= 0.3 is 0 Å². The molecule has 0 saturated carbocycles. The Morgan fingerprint density at radius 2 is 1.88 bits per heavy atom. The average Bonchev–Trinajstić information content (AvgIpc) is 3.12. The summed E-state index contributed by atoms with van der Waals surface area (Å²) in [7, 11) is 0. The van der Waals surface area contributed by atoms with Crippen molar-refractivity contribution in [3.8, 4) is 11.3 Å². The van der Waals surface area contributed by atoms with Crippen LogP contribution in [0.2, 0.25) is 0 Å². The van der Waals surface area contributed by atoms with E-state index in [1.165, 1.54) is 22.0 Å². The van der Waals surface area contributed by atoms with Gasteiger partial charge in [-0.05, 0) is 37.3 Å². The molecule has 1 aliphatic carbocycles. The van der Waals surface area contributed by atoms with E-state index in [1.807, 2.05) is 55.6 Å². The van der Waals surface area contributed by atoms with E-state index in [9.17, 15) is 9.59 Å². The molecule has 0 atom stereocenters. The fourth-order valence-corrected chi connectivity index (χ4v) is 5.06. The highest BCUT2D eigenvalue weighted by Crippen LogP contribution is 2.40. The number of aromatic nitrogens is 4. The number of aryl methyl sites for hydroxylation is 1. The lowest BCUT2D eigenvalue weighted by molar-refractivity contribution is -0.116. The van der Waals surface area contributed by atoms with Crippen molar-refractivity contribution in [1.29, 1.82) is 0 Å². The zero-order valence-corrected chi connectivity index (χ0v) is 19.9. The maximum atomic E-state index is 13.8. The predicted octanol–water partition coefficient (Wildman–Crippen LogP) is 4.06. The molecule has 1 amide bonds. The van der Waals surface area contributed by atoms with Gasteiger partial charge in [0.25, 0.3) is 5.56 Å². The number of hydrogen-bond donors (Lipinski definition) is 1. The molecule has 5 rings (SSSR count). The first-order valence-corrected chi connectivity index (χ1v) is 12.0. The van der Waals surface area contributed by atoms with Crippen LogP contribution in [0, 0.1) is 6.92 Å². The number of amides is 1. The number of nitrogens with one attached hydrogen (secondary N) is 1. The van der Waals surface area contributed by atoms with Gasteiger partial charge in [0.15, 0.2) is 5.16 Å². The molecule has 0 saturated heterocycles. The lowest BCUT2D eigenvalue weighted by Crippen LogP contribution is -2.36. The highest BCUT2D eigenvalue weighted by molar-refractivity contribution is 7.98. The van der Waals surface area contributed by atoms with E-state index in [0.717, 1.165) is 17.5 Å². The van der Waals surface area contributed by atoms with Gasteiger partial charge in [0.2, 0.25) is 11.7 Å². The van der Waals surface area contributed by atoms with Crippen molar-refractivity contribution in [2.24, 2.45) is 0 Å². The second-order valence-corrected chi connectivity index (χ2v) is 9.83. The van der Waals surface area contributed by atoms with Crippen LogP contribution in [0.1, 0.15) is 30.5 Å². The van der Waals surface area contributed by atoms with Crippen LogP contribution >= 0.6 is 11.8 Å². The molecule has 168 valence electrons. The first kappa shape index (κ1) is 21.5. The third-order valence-corrected chi connectivity index (χ3v) is 6.72. The van der Waals surface area contributed by atoms with E-state index in [2.05, 4.69) is 30.3 Å². The largest absolute Gasteiger partial charge is 0.324 e. The molecule has 2 aromatic heterocycles. The Hall–Kier alpha value is -3.39. The van der Waals surface area contributed by atoms with Crippen LogP contribution in [0.25, 0.3) is 17.0 Å². The molecule has 1 aliphatic rings. The van der Waals surface area contributed by atoms with Gasteiger partial charge in [0.05, 0.1) is 11.3 Å². The van der Waals surface area contributed by atoms with Crippen molar-refractivity contribution < 1.29 is 4.79 Å². The number of carbonyl (C=O) groups is 1. The maximum Gasteiger partial charge on any atom is 0.265 e. The lowest BCUT2D eigenvalue weighted by atomic mass is 9.72. The van der Waals surface area contributed by atoms with E-state index in [4.69, 9.17) is 4.98 Å². The summed E-state index contributed by atoms with van der Waals surface area (Å²) in [5.74, 6) is 0.138. The molecule has 0 radical (unpaired) electrons. The maximum absolute atomic E-state index is 13.8. The smallest absolute Gasteiger partial charge is 0.265 e. The SMILES string of the molecule is CSc1nn(CC(=O)Nc2ccc(C)cc2)c2nc3c(c(=O)n12)C(C)(C)Cc1ccccc1-3. The average molecular weight is 460 g/mol. The Morgan fingerprint density at radius 1 is 1.15 bits per heavy atom. The van der Waals surface area contributed by atoms with E-state index in [1.54, 1.807) is 4.40 Å². The van der Waals surface area contributed by atoms with Crippen LogP contribution in [-0.4, -0.2) is 31.3 Å². The van der Waals surface area contributed by atoms with Crippen molar-refractivity contribution in [1.82, 2.24) is 19.2 Å². The monoisotopic (exact) mass is 459 g/mol. The molecular weight excluding hydrogens is 434 g/mol. The summed E-state index contributed by atoms with van der Waals surface area (Å²) in [6.07, 6.45) is 2.63. The second-order valence-electron chi connectivity index (χ2n) is 9.05. The second kappa shape index (κ2) is 7.88. The van der Waals surface area contributed by atoms with E-state index < -0.39 is 0 Å². The summed E-state index contributed by atoms with van der Waals surface area (Å²) in [4.78, 5) is 31.5. The molecule has 0 unspecified atom stereocenters. The zero-order valence-electron chi connectivity index (χ0n) is 19.0. The minimum atomic E-state index is -0.366. The Kier molecular flexibility index (Phi) is 5.12. The van der Waals surface area contributed by atoms with E-state index in [-0.39, 0.29) is 23.4 Å². The molecule has 0 aliphatic heterocycles. The molecule has 7 nitrogen and oxygen atoms in total. The number of thioether (sulfide) groups is 1. The first-order valence-electron chi connectivity index (χ1n) is 10.8. The van der Waals surface area contributed by atoms with Crippen molar-refractivity contribution in [2.45, 2.75) is 44.3 Å². The number of fused-ring (bicyclic) bond motifs is 4. The number of anilines is 1. The number of benzene rings is 2. The molecule has 0 spiro atoms. The molecule has 0 fully saturated rings. The van der Waals surface area contributed by atoms with Gasteiger partial charge < -0.3 is 5.32 Å². The zero-order chi connectivity index (χ0) is 23.3. The highest BCUT2D eigenvalue weighted by atomic mass is 32.2. The summed E-state index contributed by atoms with van der Waals surface area (Å²) in [5, 5.41) is 7.97. The van der Waals surface area contributed by atoms with Gasteiger partial charge in [0, 0.05) is 16.7 Å². The van der Waals surface area contributed by atoms with Crippen LogP contribution in [0.5, 0.6) is 0 Å². The van der Waals surface area contributed by atoms with Gasteiger partial charge in [-0.2, -0.15) is 0 Å². The van der Waals surface area contributed by atoms with Crippen LogP contribution < -0.4 is 10.9 Å². The van der Waals surface area contributed by atoms with Crippen LogP contribution in [0.15, 0.2) is 58.5 Å². The molecule has 1 N–H and O–H groups in total. The number of nitrogens with zero attached hydrogens (tertiary/aromatic N) is 4. The van der Waals surface area contributed by atoms with Gasteiger partial charge in [-0.3, -0.25) is 9.59 Å². The summed E-state index contributed by atoms with van der Waals surface area (Å²) >= 11 is 1.36. The van der Waals surface area contributed by atoms with Crippen LogP contribution in [-0.2, 0) is 23.2 Å². The van der Waals surface area contributed by atoms with Gasteiger partial charge in [0.1, 0.15) is 6.54 Å². The van der Waals surface area contributed by atoms with E-state index >= 15 is 0 Å². The standard InChI is InChI=1S/C25H25N5O2S/c1-15-9-11-17(12-10-15)26-19(31)14-29-23-27-21-18-8-6-5-7-16(18)13-25(2,3)20(21)22(32)30(23)24(28-29)33-4/h5-12H,13-14H2,1-4H3,(H,26,31). The van der Waals surface area contributed by atoms with Crippen molar-refractivity contribution >= 4 is 29.1 Å². The topological polar surface area (TPSA) is 81.3 Å². The lowest BCUT2D eigenvalue weighted by Gasteiger charge is -2.32. The fourth-order valence-electron chi connectivity index (χ4n) is 4.53. The Morgan fingerprint density at radius 3 is 2.61 bits per heavy atom. The van der Waals surface area contributed by atoms with Crippen molar-refractivity contribution in [2.75, 3.05) is 11.6 Å². The molecule has 4 aromatic rings. The predicted molar refractivity (Wildman–Crippen MR) is 131 cm³/mol. The Balaban J connectivity index is 1.63. The van der Waals surface area contributed by atoms with Gasteiger partial charge in [-0.1, -0.05) is 67.6 Å². The summed E-state index contributed by atoms with van der Waals surface area (Å²) < 4.78 is 3.06. The molecule has 2 aromatic carbocycles. The molecule has 33 heavy (non-hydrogen) atoms. The van der Waals surface area contributed by atoms with E-state index in [0.29, 0.717) is 27.9 Å². The van der Waals surface area contributed by atoms with Crippen molar-refractivity contribution in [3.63, 3.8) is 0 Å². The third kappa shape index (κ3) is 3.64. The quantitative estimate of drug-likeness (QED) is 0.466. The minimum Gasteiger partial charge on any atom is -0.324 e. The Labute approximate surface area is 195 Å². The summed E-state index contributed by atoms with van der Waals surface area (Å²) in [5.41, 5.74) is 4.85. The van der Waals surface area contributed by atoms with Gasteiger partial charge in [-0.25, -0.2) is 14.1 Å². The number of carbonyl (C=O) groups excluding carboxylic acids is 1. The minimum absolute atomic E-state index is 0.0474. The molecular formula is C25H25N5O2S. The Bertz CT molecular complexity index is 1450. The van der Waals surface area contributed by atoms with Gasteiger partial charge in [-0.15, -0.1) is 5.10 Å². The molecule has 2 heterocycles. The molecule has 0 bridgehead atoms. The van der Waals surface area contributed by atoms with Crippen LogP contribution in [0.4, 0.5) is 5.69 Å². The molecule has 8 heteroatoms.